The third-order valence-electron chi connectivity index (χ3n) is 4.66. The van der Waals surface area contributed by atoms with E-state index in [2.05, 4.69) is 93.4 Å². The first-order chi connectivity index (χ1) is 8.46. The molecule has 0 aliphatic heterocycles. The van der Waals surface area contributed by atoms with Crippen LogP contribution < -0.4 is 0 Å². The molecule has 20 heavy (non-hydrogen) atoms. The third kappa shape index (κ3) is 4.53. The molecule has 0 atom stereocenters. The maximum absolute atomic E-state index is 3.69. The van der Waals surface area contributed by atoms with Gasteiger partial charge in [-0.05, 0) is 0 Å². The first kappa shape index (κ1) is 20.6. The molecule has 0 bridgehead atoms. The molecule has 0 aromatic carbocycles. The summed E-state index contributed by atoms with van der Waals surface area (Å²) in [5.41, 5.74) is 3.63. The van der Waals surface area contributed by atoms with Crippen molar-refractivity contribution in [1.82, 2.24) is 0 Å². The molecule has 0 fully saturated rings. The van der Waals surface area contributed by atoms with Crippen LogP contribution in [0, 0.1) is 11.5 Å². The summed E-state index contributed by atoms with van der Waals surface area (Å²) in [4.78, 5) is 0. The fraction of sp³-hybridized carbons (Fsp3) is 0.889. The Morgan fingerprint density at radius 2 is 1.00 bits per heavy atom. The Hall–Kier alpha value is 0.576. The van der Waals surface area contributed by atoms with Gasteiger partial charge in [0.2, 0.25) is 0 Å². The monoisotopic (exact) mass is 402 g/mol. The Labute approximate surface area is 134 Å². The molecule has 0 saturated carbocycles. The second-order valence-electron chi connectivity index (χ2n) is 10.4. The summed E-state index contributed by atoms with van der Waals surface area (Å²) in [5, 5.41) is 0. The molecule has 0 aliphatic rings. The van der Waals surface area contributed by atoms with E-state index in [1.807, 2.05) is 0 Å². The van der Waals surface area contributed by atoms with E-state index in [9.17, 15) is 0 Å². The molecule has 0 aliphatic carbocycles. The summed E-state index contributed by atoms with van der Waals surface area (Å²) in [6.07, 6.45) is 0. The molecule has 0 amide bonds. The van der Waals surface area contributed by atoms with Gasteiger partial charge in [0.1, 0.15) is 0 Å². The van der Waals surface area contributed by atoms with Crippen LogP contribution in [0.2, 0.25) is 34.4 Å². The molecule has 0 N–H and O–H groups in total. The van der Waals surface area contributed by atoms with Crippen molar-refractivity contribution in [2.24, 2.45) is 0 Å². The Bertz CT molecular complexity index is 347. The van der Waals surface area contributed by atoms with Gasteiger partial charge in [-0.1, -0.05) is 0 Å². The van der Waals surface area contributed by atoms with Crippen molar-refractivity contribution in [2.45, 2.75) is 96.7 Å². The molecule has 0 spiro atoms. The molecule has 0 nitrogen and oxygen atoms in total. The van der Waals surface area contributed by atoms with Crippen LogP contribution in [0.15, 0.2) is 0 Å². The molecule has 0 unspecified atom stereocenters. The van der Waals surface area contributed by atoms with E-state index >= 15 is 0 Å². The van der Waals surface area contributed by atoms with Crippen molar-refractivity contribution in [1.29, 1.82) is 0 Å². The van der Waals surface area contributed by atoms with Gasteiger partial charge in [-0.2, -0.15) is 0 Å². The van der Waals surface area contributed by atoms with Crippen LogP contribution in [-0.4, -0.2) is 26.5 Å². The fourth-order valence-electron chi connectivity index (χ4n) is 4.61. The molecule has 0 radical (unpaired) electrons. The van der Waals surface area contributed by atoms with Crippen molar-refractivity contribution in [3.8, 4) is 11.5 Å². The first-order valence-electron chi connectivity index (χ1n) is 7.96. The van der Waals surface area contributed by atoms with Crippen LogP contribution in [0.3, 0.4) is 0 Å². The third-order valence-corrected chi connectivity index (χ3v) is 29.5. The van der Waals surface area contributed by atoms with E-state index in [-0.39, 0.29) is 0 Å². The van der Waals surface area contributed by atoms with E-state index in [4.69, 9.17) is 0 Å². The Morgan fingerprint density at radius 3 is 1.20 bits per heavy atom. The predicted octanol–water partition coefficient (Wildman–Crippen LogP) is 6.72. The summed E-state index contributed by atoms with van der Waals surface area (Å²) < 4.78 is 2.49. The zero-order valence-corrected chi connectivity index (χ0v) is 20.1. The number of rotatable bonds is 1. The van der Waals surface area contributed by atoms with Gasteiger partial charge >= 0.3 is 135 Å². The SMILES string of the molecule is C[C](C)(C)[Sn]([CH2]C#C[Si](C)(C)C)([C](C)(C)C)[C](C)(C)C. The standard InChI is InChI=1S/C6H11Si.3C4H9.Sn/c1-5-6-7(2,3)4;3*1-4(2)3;/h1H2,2-4H3;3*1-3H3;. The van der Waals surface area contributed by atoms with Crippen molar-refractivity contribution in [3.05, 3.63) is 0 Å². The first-order valence-corrected chi connectivity index (χ1v) is 17.8. The molecular formula is C18H38SiSn. The average molecular weight is 401 g/mol. The van der Waals surface area contributed by atoms with Gasteiger partial charge < -0.3 is 0 Å². The van der Waals surface area contributed by atoms with E-state index in [1.54, 1.807) is 0 Å². The molecule has 0 aromatic rings. The Kier molecular flexibility index (Phi) is 6.16. The molecule has 2 heteroatoms. The fourth-order valence-corrected chi connectivity index (χ4v) is 30.6. The number of hydrogen-bond donors (Lipinski definition) is 0. The van der Waals surface area contributed by atoms with Gasteiger partial charge in [0.15, 0.2) is 0 Å². The molecule has 118 valence electrons. The normalized spacial score (nSPS) is 14.8. The molecule has 0 saturated heterocycles. The van der Waals surface area contributed by atoms with E-state index < -0.39 is 26.5 Å². The van der Waals surface area contributed by atoms with Crippen molar-refractivity contribution in [2.75, 3.05) is 0 Å². The summed E-state index contributed by atoms with van der Waals surface area (Å²) in [5.74, 6) is 3.69. The summed E-state index contributed by atoms with van der Waals surface area (Å²) >= 11 is -2.59. The van der Waals surface area contributed by atoms with Gasteiger partial charge in [0.05, 0.1) is 0 Å². The van der Waals surface area contributed by atoms with Gasteiger partial charge in [-0.25, -0.2) is 0 Å². The Balaban J connectivity index is 6.00. The second kappa shape index (κ2) is 5.99. The summed E-state index contributed by atoms with van der Waals surface area (Å²) in [6, 6.07) is 0. The predicted molar refractivity (Wildman–Crippen MR) is 101 cm³/mol. The zero-order valence-electron chi connectivity index (χ0n) is 16.2. The van der Waals surface area contributed by atoms with Gasteiger partial charge in [0.25, 0.3) is 0 Å². The van der Waals surface area contributed by atoms with Gasteiger partial charge in [-0.3, -0.25) is 0 Å². The van der Waals surface area contributed by atoms with Crippen molar-refractivity contribution >= 4 is 26.5 Å². The van der Waals surface area contributed by atoms with E-state index in [1.165, 1.54) is 4.44 Å². The minimum absolute atomic E-state index is 0.430. The Morgan fingerprint density at radius 1 is 0.700 bits per heavy atom. The van der Waals surface area contributed by atoms with Crippen molar-refractivity contribution < 1.29 is 0 Å². The number of hydrogen-bond acceptors (Lipinski definition) is 0. The molecule has 0 rings (SSSR count). The van der Waals surface area contributed by atoms with Crippen LogP contribution in [0.5, 0.6) is 0 Å². The van der Waals surface area contributed by atoms with E-state index in [0.717, 1.165) is 0 Å². The topological polar surface area (TPSA) is 0 Å². The van der Waals surface area contributed by atoms with Gasteiger partial charge in [-0.15, -0.1) is 0 Å². The quantitative estimate of drug-likeness (QED) is 0.338. The van der Waals surface area contributed by atoms with Crippen molar-refractivity contribution in [3.63, 3.8) is 0 Å². The maximum atomic E-state index is 3.69. The molecule has 0 heterocycles. The molecule has 0 aromatic heterocycles. The van der Waals surface area contributed by atoms with Crippen LogP contribution in [0.25, 0.3) is 0 Å². The van der Waals surface area contributed by atoms with Crippen LogP contribution in [0.4, 0.5) is 0 Å². The molecular weight excluding hydrogens is 363 g/mol. The second-order valence-corrected chi connectivity index (χ2v) is 34.2. The van der Waals surface area contributed by atoms with Crippen LogP contribution in [-0.2, 0) is 0 Å². The van der Waals surface area contributed by atoms with Gasteiger partial charge in [0, 0.05) is 0 Å². The summed E-state index contributed by atoms with van der Waals surface area (Å²) in [6.45, 7) is 29.4. The zero-order chi connectivity index (χ0) is 16.6. The van der Waals surface area contributed by atoms with E-state index in [0.29, 0.717) is 10.3 Å². The van der Waals surface area contributed by atoms with Crippen LogP contribution in [0.1, 0.15) is 62.3 Å². The van der Waals surface area contributed by atoms with Crippen LogP contribution >= 0.6 is 0 Å². The minimum atomic E-state index is -2.59. The summed E-state index contributed by atoms with van der Waals surface area (Å²) in [7, 11) is -1.26. The average Bonchev–Trinajstić information content (AvgIpc) is 2.03.